The summed E-state index contributed by atoms with van der Waals surface area (Å²) in [7, 11) is 0. The summed E-state index contributed by atoms with van der Waals surface area (Å²) < 4.78 is 36.8. The second-order valence-electron chi connectivity index (χ2n) is 1.82. The molecule has 0 unspecified atom stereocenters. The molecule has 0 saturated heterocycles. The van der Waals surface area contributed by atoms with Crippen LogP contribution < -0.4 is 5.48 Å². The predicted octanol–water partition coefficient (Wildman–Crippen LogP) is 2.01. The van der Waals surface area contributed by atoms with Crippen LogP contribution in [-0.4, -0.2) is 0 Å². The van der Waals surface area contributed by atoms with Gasteiger partial charge in [0.05, 0.1) is 5.69 Å². The van der Waals surface area contributed by atoms with Crippen LogP contribution in [0.15, 0.2) is 12.1 Å². The molecule has 0 aromatic heterocycles. The van der Waals surface area contributed by atoms with Crippen LogP contribution in [0.25, 0.3) is 0 Å². The van der Waals surface area contributed by atoms with E-state index in [2.05, 4.69) is 0 Å². The Balaban J connectivity index is 3.25. The summed E-state index contributed by atoms with van der Waals surface area (Å²) in [6.07, 6.45) is 0. The van der Waals surface area contributed by atoms with Crippen molar-refractivity contribution in [2.24, 2.45) is 0 Å². The van der Waals surface area contributed by atoms with Gasteiger partial charge in [-0.2, -0.15) is 0 Å². The second-order valence-corrected chi connectivity index (χ2v) is 1.82. The smallest absolute Gasteiger partial charge is 0.196 e. The van der Waals surface area contributed by atoms with Crippen molar-refractivity contribution < 1.29 is 13.2 Å². The van der Waals surface area contributed by atoms with Crippen molar-refractivity contribution >= 4 is 5.69 Å². The van der Waals surface area contributed by atoms with Gasteiger partial charge in [-0.3, -0.25) is 0 Å². The summed E-state index contributed by atoms with van der Waals surface area (Å²) in [4.78, 5) is 0. The molecule has 0 saturated carbocycles. The highest BCUT2D eigenvalue weighted by atomic mass is 19.2. The fourth-order valence-corrected chi connectivity index (χ4v) is 0.605. The lowest BCUT2D eigenvalue weighted by Gasteiger charge is -2.09. The molecular weight excluding hydrogens is 159 g/mol. The first kappa shape index (κ1) is 7.87. The first-order valence-electron chi connectivity index (χ1n) is 2.68. The third-order valence-corrected chi connectivity index (χ3v) is 1.15. The highest BCUT2D eigenvalue weighted by molar-refractivity contribution is 5.45. The molecular formula is C6H3F3NO-. The normalized spacial score (nSPS) is 9.82. The number of halogens is 3. The minimum atomic E-state index is -1.65. The van der Waals surface area contributed by atoms with E-state index in [9.17, 15) is 18.4 Å². The van der Waals surface area contributed by atoms with Crippen LogP contribution in [0.4, 0.5) is 18.9 Å². The van der Waals surface area contributed by atoms with E-state index in [0.29, 0.717) is 6.07 Å². The zero-order valence-corrected chi connectivity index (χ0v) is 5.20. The van der Waals surface area contributed by atoms with Gasteiger partial charge in [-0.25, -0.2) is 13.2 Å². The predicted molar refractivity (Wildman–Crippen MR) is 33.3 cm³/mol. The molecule has 60 valence electrons. The quantitative estimate of drug-likeness (QED) is 0.506. The molecule has 0 fully saturated rings. The van der Waals surface area contributed by atoms with E-state index in [-0.39, 0.29) is 0 Å². The van der Waals surface area contributed by atoms with Crippen molar-refractivity contribution in [2.45, 2.75) is 0 Å². The lowest BCUT2D eigenvalue weighted by molar-refractivity contribution is 0.449. The SMILES string of the molecule is [O-]Nc1ccc(F)c(F)c1F. The molecule has 0 spiro atoms. The third kappa shape index (κ3) is 1.27. The van der Waals surface area contributed by atoms with Crippen LogP contribution in [-0.2, 0) is 0 Å². The third-order valence-electron chi connectivity index (χ3n) is 1.15. The summed E-state index contributed by atoms with van der Waals surface area (Å²) in [5.41, 5.74) is 0.524. The Kier molecular flexibility index (Phi) is 2.00. The van der Waals surface area contributed by atoms with E-state index in [1.807, 2.05) is 0 Å². The number of benzene rings is 1. The molecule has 0 bridgehead atoms. The fourth-order valence-electron chi connectivity index (χ4n) is 0.605. The lowest BCUT2D eigenvalue weighted by atomic mass is 10.3. The highest BCUT2D eigenvalue weighted by Crippen LogP contribution is 2.18. The van der Waals surface area contributed by atoms with Crippen LogP contribution in [0.3, 0.4) is 0 Å². The topological polar surface area (TPSA) is 35.1 Å². The van der Waals surface area contributed by atoms with Crippen molar-refractivity contribution in [3.05, 3.63) is 34.8 Å². The van der Waals surface area contributed by atoms with Gasteiger partial charge in [0.2, 0.25) is 0 Å². The second kappa shape index (κ2) is 2.79. The molecule has 0 aliphatic rings. The number of nitrogens with one attached hydrogen (secondary N) is 1. The molecule has 5 heteroatoms. The van der Waals surface area contributed by atoms with Gasteiger partial charge in [-0.05, 0) is 12.1 Å². The molecule has 0 atom stereocenters. The van der Waals surface area contributed by atoms with Crippen LogP contribution in [0.5, 0.6) is 0 Å². The Morgan fingerprint density at radius 2 is 1.73 bits per heavy atom. The van der Waals surface area contributed by atoms with Crippen molar-refractivity contribution in [1.29, 1.82) is 0 Å². The first-order valence-corrected chi connectivity index (χ1v) is 2.68. The summed E-state index contributed by atoms with van der Waals surface area (Å²) in [6, 6.07) is 1.49. The molecule has 0 heterocycles. The summed E-state index contributed by atoms with van der Waals surface area (Å²) in [6.45, 7) is 0. The Morgan fingerprint density at radius 1 is 1.09 bits per heavy atom. The number of rotatable bonds is 1. The van der Waals surface area contributed by atoms with Gasteiger partial charge in [0.1, 0.15) is 0 Å². The Labute approximate surface area is 60.2 Å². The summed E-state index contributed by atoms with van der Waals surface area (Å²) in [5.74, 6) is -4.47. The van der Waals surface area contributed by atoms with Crippen molar-refractivity contribution in [3.8, 4) is 0 Å². The van der Waals surface area contributed by atoms with Gasteiger partial charge >= 0.3 is 0 Å². The zero-order chi connectivity index (χ0) is 8.43. The van der Waals surface area contributed by atoms with Gasteiger partial charge in [-0.15, -0.1) is 0 Å². The van der Waals surface area contributed by atoms with Crippen molar-refractivity contribution in [1.82, 2.24) is 0 Å². The Hall–Kier alpha value is -1.23. The van der Waals surface area contributed by atoms with E-state index >= 15 is 0 Å². The average molecular weight is 162 g/mol. The Bertz CT molecular complexity index is 277. The average Bonchev–Trinajstić information content (AvgIpc) is 2.01. The van der Waals surface area contributed by atoms with Gasteiger partial charge in [-0.1, -0.05) is 0 Å². The van der Waals surface area contributed by atoms with Crippen molar-refractivity contribution in [2.75, 3.05) is 5.48 Å². The van der Waals surface area contributed by atoms with Gasteiger partial charge < -0.3 is 10.7 Å². The largest absolute Gasteiger partial charge is 0.761 e. The van der Waals surface area contributed by atoms with Crippen LogP contribution in [0.2, 0.25) is 0 Å². The fraction of sp³-hybridized carbons (Fsp3) is 0. The highest BCUT2D eigenvalue weighted by Gasteiger charge is 2.10. The molecule has 1 rings (SSSR count). The molecule has 1 aromatic carbocycles. The minimum Gasteiger partial charge on any atom is -0.761 e. The molecule has 0 aliphatic heterocycles. The van der Waals surface area contributed by atoms with Gasteiger partial charge in [0, 0.05) is 0 Å². The van der Waals surface area contributed by atoms with E-state index in [1.165, 1.54) is 0 Å². The maximum atomic E-state index is 12.4. The van der Waals surface area contributed by atoms with Crippen LogP contribution in [0.1, 0.15) is 0 Å². The number of anilines is 1. The van der Waals surface area contributed by atoms with E-state index in [1.54, 1.807) is 0 Å². The minimum absolute atomic E-state index is 0.607. The number of hydrogen-bond acceptors (Lipinski definition) is 2. The van der Waals surface area contributed by atoms with E-state index in [0.717, 1.165) is 11.5 Å². The molecule has 0 radical (unpaired) electrons. The molecule has 1 N–H and O–H groups in total. The van der Waals surface area contributed by atoms with Crippen LogP contribution in [0, 0.1) is 22.7 Å². The zero-order valence-electron chi connectivity index (χ0n) is 5.20. The molecule has 11 heavy (non-hydrogen) atoms. The van der Waals surface area contributed by atoms with Crippen molar-refractivity contribution in [3.63, 3.8) is 0 Å². The van der Waals surface area contributed by atoms with Gasteiger partial charge in [0.25, 0.3) is 0 Å². The van der Waals surface area contributed by atoms with E-state index < -0.39 is 23.1 Å². The van der Waals surface area contributed by atoms with Gasteiger partial charge in [0.15, 0.2) is 17.5 Å². The maximum Gasteiger partial charge on any atom is 0.196 e. The molecule has 0 amide bonds. The number of hydrogen-bond donors (Lipinski definition) is 1. The first-order chi connectivity index (χ1) is 5.16. The van der Waals surface area contributed by atoms with E-state index in [4.69, 9.17) is 0 Å². The Morgan fingerprint density at radius 3 is 2.27 bits per heavy atom. The summed E-state index contributed by atoms with van der Waals surface area (Å²) in [5, 5.41) is 9.84. The summed E-state index contributed by atoms with van der Waals surface area (Å²) >= 11 is 0. The monoisotopic (exact) mass is 162 g/mol. The molecule has 0 aliphatic carbocycles. The van der Waals surface area contributed by atoms with Crippen LogP contribution >= 0.6 is 0 Å². The standard InChI is InChI=1S/C6H3F3NO/c7-3-1-2-4(10-11)6(9)5(3)8/h1-2,10H/q-1. The lowest BCUT2D eigenvalue weighted by Crippen LogP contribution is -1.96. The maximum absolute atomic E-state index is 12.4. The molecule has 2 nitrogen and oxygen atoms in total. The molecule has 1 aromatic rings.